The Morgan fingerprint density at radius 2 is 1.29 bits per heavy atom. The zero-order chi connectivity index (χ0) is 13.3. The monoisotopic (exact) mass is 249 g/mol. The molecular weight excluding hydrogens is 226 g/mol. The van der Waals surface area contributed by atoms with Crippen molar-refractivity contribution in [1.29, 1.82) is 0 Å². The number of nitrogens with zero attached hydrogens (tertiary/aromatic N) is 1. The third-order valence-electron chi connectivity index (χ3n) is 2.57. The molecule has 1 rings (SSSR count). The van der Waals surface area contributed by atoms with Crippen LogP contribution >= 0.6 is 12.2 Å². The molecule has 0 bridgehead atoms. The van der Waals surface area contributed by atoms with Crippen LogP contribution in [0.4, 0.5) is 0 Å². The van der Waals surface area contributed by atoms with Gasteiger partial charge in [0.05, 0.1) is 0 Å². The van der Waals surface area contributed by atoms with E-state index in [-0.39, 0.29) is 11.1 Å². The molecule has 0 saturated heterocycles. The molecule has 0 aliphatic rings. The fourth-order valence-electron chi connectivity index (χ4n) is 2.33. The second-order valence-electron chi connectivity index (χ2n) is 6.35. The van der Waals surface area contributed by atoms with E-state index in [0.717, 1.165) is 10.6 Å². The van der Waals surface area contributed by atoms with Crippen LogP contribution in [0.3, 0.4) is 0 Å². The number of thiocarbonyl (C=S) groups is 1. The van der Waals surface area contributed by atoms with Crippen molar-refractivity contribution in [3.63, 3.8) is 0 Å². The van der Waals surface area contributed by atoms with E-state index in [2.05, 4.69) is 58.6 Å². The maximum Gasteiger partial charge on any atom is 0.110 e. The quantitative estimate of drug-likeness (QED) is 0.684. The van der Waals surface area contributed by atoms with Crippen molar-refractivity contribution < 1.29 is 0 Å². The van der Waals surface area contributed by atoms with Gasteiger partial charge in [-0.3, -0.25) is 0 Å². The normalized spacial score (nSPS) is 12.4. The Kier molecular flexibility index (Phi) is 3.98. The lowest BCUT2D eigenvalue weighted by Gasteiger charge is -2.47. The summed E-state index contributed by atoms with van der Waals surface area (Å²) in [7, 11) is 0. The minimum atomic E-state index is 0.0190. The maximum atomic E-state index is 5.66. The molecule has 0 heterocycles. The highest BCUT2D eigenvalue weighted by Gasteiger charge is 2.33. The Hall–Kier alpha value is -0.890. The Bertz CT molecular complexity index is 368. The fraction of sp³-hybridized carbons (Fsp3) is 0.533. The predicted octanol–water partition coefficient (Wildman–Crippen LogP) is 4.26. The van der Waals surface area contributed by atoms with Gasteiger partial charge in [0.15, 0.2) is 0 Å². The van der Waals surface area contributed by atoms with E-state index in [4.69, 9.17) is 12.2 Å². The first-order valence-electron chi connectivity index (χ1n) is 6.04. The van der Waals surface area contributed by atoms with Crippen molar-refractivity contribution in [3.05, 3.63) is 35.9 Å². The molecule has 1 nitrogen and oxygen atoms in total. The lowest BCUT2D eigenvalue weighted by atomic mass is 9.95. The molecular formula is C15H23NS. The minimum absolute atomic E-state index is 0.0190. The molecule has 1 aromatic carbocycles. The second-order valence-corrected chi connectivity index (χ2v) is 6.73. The summed E-state index contributed by atoms with van der Waals surface area (Å²) in [5, 5.41) is 0. The van der Waals surface area contributed by atoms with Crippen LogP contribution in [0.1, 0.15) is 47.1 Å². The number of benzene rings is 1. The second kappa shape index (κ2) is 4.77. The highest BCUT2D eigenvalue weighted by molar-refractivity contribution is 7.80. The molecule has 0 atom stereocenters. The molecule has 17 heavy (non-hydrogen) atoms. The van der Waals surface area contributed by atoms with Crippen LogP contribution in [0.5, 0.6) is 0 Å². The number of rotatable bonds is 1. The first kappa shape index (κ1) is 14.2. The summed E-state index contributed by atoms with van der Waals surface area (Å²) in [5.74, 6) is 0. The summed E-state index contributed by atoms with van der Waals surface area (Å²) in [4.78, 5) is 3.23. The van der Waals surface area contributed by atoms with Crippen LogP contribution in [0, 0.1) is 0 Å². The van der Waals surface area contributed by atoms with Gasteiger partial charge in [-0.2, -0.15) is 0 Å². The topological polar surface area (TPSA) is 3.24 Å². The van der Waals surface area contributed by atoms with Crippen LogP contribution in [-0.4, -0.2) is 21.0 Å². The maximum absolute atomic E-state index is 5.66. The van der Waals surface area contributed by atoms with E-state index in [0.29, 0.717) is 0 Å². The molecule has 0 fully saturated rings. The first-order chi connectivity index (χ1) is 7.64. The smallest absolute Gasteiger partial charge is 0.110 e. The van der Waals surface area contributed by atoms with Gasteiger partial charge in [0.1, 0.15) is 4.99 Å². The van der Waals surface area contributed by atoms with Crippen molar-refractivity contribution in [2.24, 2.45) is 0 Å². The highest BCUT2D eigenvalue weighted by atomic mass is 32.1. The summed E-state index contributed by atoms with van der Waals surface area (Å²) in [5.41, 5.74) is 1.16. The molecule has 0 spiro atoms. The fourth-order valence-corrected chi connectivity index (χ4v) is 3.01. The van der Waals surface area contributed by atoms with Gasteiger partial charge in [-0.15, -0.1) is 0 Å². The van der Waals surface area contributed by atoms with E-state index >= 15 is 0 Å². The predicted molar refractivity (Wildman–Crippen MR) is 79.5 cm³/mol. The largest absolute Gasteiger partial charge is 0.353 e. The van der Waals surface area contributed by atoms with Crippen molar-refractivity contribution in [2.75, 3.05) is 0 Å². The molecule has 0 radical (unpaired) electrons. The van der Waals surface area contributed by atoms with Gasteiger partial charge in [0.25, 0.3) is 0 Å². The summed E-state index contributed by atoms with van der Waals surface area (Å²) < 4.78 is 0. The van der Waals surface area contributed by atoms with Gasteiger partial charge in [-0.05, 0) is 41.5 Å². The van der Waals surface area contributed by atoms with Gasteiger partial charge in [0, 0.05) is 16.6 Å². The summed E-state index contributed by atoms with van der Waals surface area (Å²) in [6.45, 7) is 13.2. The zero-order valence-corrected chi connectivity index (χ0v) is 12.6. The van der Waals surface area contributed by atoms with Crippen molar-refractivity contribution >= 4 is 17.2 Å². The summed E-state index contributed by atoms with van der Waals surface area (Å²) in [6, 6.07) is 10.2. The molecule has 0 aromatic heterocycles. The first-order valence-corrected chi connectivity index (χ1v) is 6.44. The van der Waals surface area contributed by atoms with Crippen LogP contribution in [0.15, 0.2) is 30.3 Å². The van der Waals surface area contributed by atoms with Gasteiger partial charge < -0.3 is 4.90 Å². The molecule has 0 aliphatic heterocycles. The van der Waals surface area contributed by atoms with Gasteiger partial charge in [-0.25, -0.2) is 0 Å². The molecule has 2 heteroatoms. The third kappa shape index (κ3) is 3.53. The van der Waals surface area contributed by atoms with E-state index in [1.165, 1.54) is 0 Å². The highest BCUT2D eigenvalue weighted by Crippen LogP contribution is 2.27. The van der Waals surface area contributed by atoms with Gasteiger partial charge in [-0.1, -0.05) is 42.5 Å². The number of hydrogen-bond donors (Lipinski definition) is 0. The molecule has 0 saturated carbocycles. The van der Waals surface area contributed by atoms with Crippen molar-refractivity contribution in [1.82, 2.24) is 4.90 Å². The van der Waals surface area contributed by atoms with E-state index in [9.17, 15) is 0 Å². The van der Waals surface area contributed by atoms with E-state index in [1.54, 1.807) is 0 Å². The Balaban J connectivity index is 3.14. The van der Waals surface area contributed by atoms with Crippen LogP contribution in [0.2, 0.25) is 0 Å². The van der Waals surface area contributed by atoms with Crippen LogP contribution in [0.25, 0.3) is 0 Å². The van der Waals surface area contributed by atoms with Crippen LogP contribution < -0.4 is 0 Å². The third-order valence-corrected chi connectivity index (χ3v) is 2.98. The average molecular weight is 249 g/mol. The molecule has 0 amide bonds. The standard InChI is InChI=1S/C15H23NS/c1-14(2,3)16(15(4,5)6)13(17)12-10-8-7-9-11-12/h7-11H,1-6H3. The summed E-state index contributed by atoms with van der Waals surface area (Å²) in [6.07, 6.45) is 0. The Morgan fingerprint density at radius 3 is 1.65 bits per heavy atom. The lowest BCUT2D eigenvalue weighted by Crippen LogP contribution is -2.55. The molecule has 0 unspecified atom stereocenters. The SMILES string of the molecule is CC(C)(C)N(C(=S)c1ccccc1)C(C)(C)C. The van der Waals surface area contributed by atoms with E-state index < -0.39 is 0 Å². The Morgan fingerprint density at radius 1 is 0.882 bits per heavy atom. The van der Waals surface area contributed by atoms with Crippen molar-refractivity contribution in [2.45, 2.75) is 52.6 Å². The van der Waals surface area contributed by atoms with E-state index in [1.807, 2.05) is 18.2 Å². The molecule has 0 N–H and O–H groups in total. The minimum Gasteiger partial charge on any atom is -0.353 e. The van der Waals surface area contributed by atoms with Crippen LogP contribution in [-0.2, 0) is 0 Å². The molecule has 0 aliphatic carbocycles. The molecule has 94 valence electrons. The lowest BCUT2D eigenvalue weighted by molar-refractivity contribution is 0.128. The zero-order valence-electron chi connectivity index (χ0n) is 11.7. The summed E-state index contributed by atoms with van der Waals surface area (Å²) >= 11 is 5.66. The number of hydrogen-bond acceptors (Lipinski definition) is 1. The Labute approximate surface area is 111 Å². The van der Waals surface area contributed by atoms with Gasteiger partial charge in [0.2, 0.25) is 0 Å². The molecule has 1 aromatic rings. The van der Waals surface area contributed by atoms with Crippen molar-refractivity contribution in [3.8, 4) is 0 Å². The average Bonchev–Trinajstić information content (AvgIpc) is 2.14. The van der Waals surface area contributed by atoms with Gasteiger partial charge >= 0.3 is 0 Å².